The number of hydrogen-bond donors (Lipinski definition) is 1. The fourth-order valence-electron chi connectivity index (χ4n) is 2.00. The van der Waals surface area contributed by atoms with Gasteiger partial charge in [-0.05, 0) is 35.7 Å². The van der Waals surface area contributed by atoms with E-state index in [-0.39, 0.29) is 17.2 Å². The van der Waals surface area contributed by atoms with E-state index in [2.05, 4.69) is 0 Å². The monoisotopic (exact) mass is 277 g/mol. The molecule has 2 nitrogen and oxygen atoms in total. The fraction of sp³-hybridized carbons (Fsp3) is 0.250. The quantitative estimate of drug-likeness (QED) is 0.787. The summed E-state index contributed by atoms with van der Waals surface area (Å²) in [6, 6.07) is 11.7. The summed E-state index contributed by atoms with van der Waals surface area (Å²) >= 11 is 0. The van der Waals surface area contributed by atoms with Crippen LogP contribution in [0.4, 0.5) is 14.5 Å². The molecule has 0 aliphatic carbocycles. The number of ether oxygens (including phenoxy) is 1. The van der Waals surface area contributed by atoms with E-state index in [4.69, 9.17) is 10.5 Å². The minimum Gasteiger partial charge on any atom is -0.457 e. The first-order valence-corrected chi connectivity index (χ1v) is 6.43. The van der Waals surface area contributed by atoms with Crippen LogP contribution in [0.3, 0.4) is 0 Å². The molecule has 0 spiro atoms. The molecular weight excluding hydrogens is 260 g/mol. The Morgan fingerprint density at radius 2 is 1.60 bits per heavy atom. The van der Waals surface area contributed by atoms with Crippen molar-refractivity contribution in [3.8, 4) is 11.5 Å². The Morgan fingerprint density at radius 3 is 2.25 bits per heavy atom. The molecule has 0 fully saturated rings. The van der Waals surface area contributed by atoms with E-state index in [1.54, 1.807) is 12.1 Å². The van der Waals surface area contributed by atoms with Gasteiger partial charge in [0.05, 0.1) is 5.56 Å². The zero-order valence-electron chi connectivity index (χ0n) is 11.4. The minimum atomic E-state index is -2.63. The predicted octanol–water partition coefficient (Wildman–Crippen LogP) is 5.12. The van der Waals surface area contributed by atoms with E-state index in [1.807, 2.05) is 32.0 Å². The average Bonchev–Trinajstić information content (AvgIpc) is 2.41. The molecule has 2 rings (SSSR count). The average molecular weight is 277 g/mol. The number of halogens is 2. The van der Waals surface area contributed by atoms with Gasteiger partial charge in [0.1, 0.15) is 11.5 Å². The highest BCUT2D eigenvalue weighted by Crippen LogP contribution is 2.36. The lowest BCUT2D eigenvalue weighted by Gasteiger charge is -2.16. The van der Waals surface area contributed by atoms with Crippen molar-refractivity contribution in [3.63, 3.8) is 0 Å². The molecular formula is C16H17F2NO. The number of para-hydroxylation sites is 1. The van der Waals surface area contributed by atoms with E-state index in [1.165, 1.54) is 12.1 Å². The molecule has 0 aliphatic heterocycles. The first-order chi connectivity index (χ1) is 9.49. The highest BCUT2D eigenvalue weighted by atomic mass is 19.3. The summed E-state index contributed by atoms with van der Waals surface area (Å²) in [6.45, 7) is 4.05. The van der Waals surface area contributed by atoms with Gasteiger partial charge in [-0.1, -0.05) is 32.0 Å². The van der Waals surface area contributed by atoms with Crippen LogP contribution in [0, 0.1) is 0 Å². The van der Waals surface area contributed by atoms with Crippen LogP contribution in [0.25, 0.3) is 0 Å². The first kappa shape index (κ1) is 14.3. The minimum absolute atomic E-state index is 0.141. The molecule has 4 heteroatoms. The summed E-state index contributed by atoms with van der Waals surface area (Å²) in [5.74, 6) is 0.978. The maximum Gasteiger partial charge on any atom is 0.267 e. The molecule has 2 aromatic carbocycles. The molecule has 0 saturated heterocycles. The van der Waals surface area contributed by atoms with Crippen LogP contribution in [0.1, 0.15) is 37.3 Å². The van der Waals surface area contributed by atoms with Crippen molar-refractivity contribution in [2.75, 3.05) is 5.73 Å². The second kappa shape index (κ2) is 5.90. The van der Waals surface area contributed by atoms with Crippen LogP contribution in [0.15, 0.2) is 42.5 Å². The molecule has 106 valence electrons. The zero-order chi connectivity index (χ0) is 14.7. The maximum atomic E-state index is 13.0. The molecule has 2 N–H and O–H groups in total. The Bertz CT molecular complexity index is 597. The van der Waals surface area contributed by atoms with Gasteiger partial charge in [-0.3, -0.25) is 0 Å². The van der Waals surface area contributed by atoms with Crippen molar-refractivity contribution in [2.24, 2.45) is 0 Å². The molecule has 2 aromatic rings. The van der Waals surface area contributed by atoms with Crippen LogP contribution in [-0.4, -0.2) is 0 Å². The highest BCUT2D eigenvalue weighted by molar-refractivity contribution is 5.50. The summed E-state index contributed by atoms with van der Waals surface area (Å²) in [4.78, 5) is 0. The normalized spacial score (nSPS) is 11.1. The summed E-state index contributed by atoms with van der Waals surface area (Å²) in [5.41, 5.74) is 6.63. The van der Waals surface area contributed by atoms with Crippen molar-refractivity contribution >= 4 is 5.69 Å². The number of benzene rings is 2. The summed E-state index contributed by atoms with van der Waals surface area (Å²) in [5, 5.41) is 0. The van der Waals surface area contributed by atoms with Gasteiger partial charge in [-0.15, -0.1) is 0 Å². The van der Waals surface area contributed by atoms with E-state index in [0.717, 1.165) is 5.56 Å². The maximum absolute atomic E-state index is 13.0. The van der Waals surface area contributed by atoms with Gasteiger partial charge in [-0.2, -0.15) is 0 Å². The van der Waals surface area contributed by atoms with E-state index < -0.39 is 6.43 Å². The van der Waals surface area contributed by atoms with Crippen molar-refractivity contribution in [1.82, 2.24) is 0 Å². The molecule has 0 unspecified atom stereocenters. The molecule has 0 radical (unpaired) electrons. The second-order valence-corrected chi connectivity index (χ2v) is 4.89. The van der Waals surface area contributed by atoms with Gasteiger partial charge < -0.3 is 10.5 Å². The lowest BCUT2D eigenvalue weighted by atomic mass is 10.0. The van der Waals surface area contributed by atoms with Crippen molar-refractivity contribution in [3.05, 3.63) is 53.6 Å². The molecule has 0 saturated carbocycles. The van der Waals surface area contributed by atoms with Gasteiger partial charge in [0.25, 0.3) is 6.43 Å². The molecule has 0 heterocycles. The van der Waals surface area contributed by atoms with Crippen molar-refractivity contribution in [2.45, 2.75) is 26.2 Å². The Labute approximate surface area is 117 Å². The van der Waals surface area contributed by atoms with Gasteiger partial charge in [0, 0.05) is 5.69 Å². The molecule has 0 aromatic heterocycles. The first-order valence-electron chi connectivity index (χ1n) is 6.43. The zero-order valence-corrected chi connectivity index (χ0v) is 11.4. The topological polar surface area (TPSA) is 35.2 Å². The molecule has 20 heavy (non-hydrogen) atoms. The van der Waals surface area contributed by atoms with Crippen LogP contribution in [0.2, 0.25) is 0 Å². The van der Waals surface area contributed by atoms with Crippen molar-refractivity contribution in [1.29, 1.82) is 0 Å². The van der Waals surface area contributed by atoms with Crippen LogP contribution in [-0.2, 0) is 0 Å². The summed E-state index contributed by atoms with van der Waals surface area (Å²) in [7, 11) is 0. The molecule has 0 aliphatic rings. The second-order valence-electron chi connectivity index (χ2n) is 4.89. The van der Waals surface area contributed by atoms with Gasteiger partial charge in [0.2, 0.25) is 0 Å². The molecule has 0 amide bonds. The highest BCUT2D eigenvalue weighted by Gasteiger charge is 2.16. The van der Waals surface area contributed by atoms with E-state index in [9.17, 15) is 8.78 Å². The SMILES string of the molecule is CC(C)c1ccccc1Oc1ccc(N)cc1C(F)F. The van der Waals surface area contributed by atoms with Crippen LogP contribution >= 0.6 is 0 Å². The fourth-order valence-corrected chi connectivity index (χ4v) is 2.00. The van der Waals surface area contributed by atoms with Gasteiger partial charge in [-0.25, -0.2) is 8.78 Å². The van der Waals surface area contributed by atoms with Gasteiger partial charge in [0.15, 0.2) is 0 Å². The lowest BCUT2D eigenvalue weighted by Crippen LogP contribution is -1.98. The third-order valence-electron chi connectivity index (χ3n) is 3.03. The Balaban J connectivity index is 2.40. The number of nitrogen functional groups attached to an aromatic ring is 1. The predicted molar refractivity (Wildman–Crippen MR) is 76.4 cm³/mol. The number of hydrogen-bond acceptors (Lipinski definition) is 2. The van der Waals surface area contributed by atoms with E-state index in [0.29, 0.717) is 11.4 Å². The van der Waals surface area contributed by atoms with Crippen LogP contribution < -0.4 is 10.5 Å². The lowest BCUT2D eigenvalue weighted by molar-refractivity contribution is 0.148. The molecule has 0 bridgehead atoms. The third kappa shape index (κ3) is 3.07. The van der Waals surface area contributed by atoms with Crippen LogP contribution in [0.5, 0.6) is 11.5 Å². The smallest absolute Gasteiger partial charge is 0.267 e. The third-order valence-corrected chi connectivity index (χ3v) is 3.03. The standard InChI is InChI=1S/C16H17F2NO/c1-10(2)12-5-3-4-6-14(12)20-15-8-7-11(19)9-13(15)16(17)18/h3-10,16H,19H2,1-2H3. The number of anilines is 1. The largest absolute Gasteiger partial charge is 0.457 e. The Kier molecular flexibility index (Phi) is 4.23. The van der Waals surface area contributed by atoms with Crippen molar-refractivity contribution < 1.29 is 13.5 Å². The number of rotatable bonds is 4. The number of nitrogens with two attached hydrogens (primary N) is 1. The van der Waals surface area contributed by atoms with Gasteiger partial charge >= 0.3 is 0 Å². The van der Waals surface area contributed by atoms with E-state index >= 15 is 0 Å². The summed E-state index contributed by atoms with van der Waals surface area (Å²) < 4.78 is 31.8. The molecule has 0 atom stereocenters. The summed E-state index contributed by atoms with van der Waals surface area (Å²) in [6.07, 6.45) is -2.63. The Morgan fingerprint density at radius 1 is 0.950 bits per heavy atom. The Hall–Kier alpha value is -2.10. The number of alkyl halides is 2.